The van der Waals surface area contributed by atoms with Gasteiger partial charge in [0.15, 0.2) is 11.5 Å². The average molecular weight is 269 g/mol. The van der Waals surface area contributed by atoms with Crippen LogP contribution in [0.15, 0.2) is 54.6 Å². The van der Waals surface area contributed by atoms with E-state index in [1.54, 1.807) is 0 Å². The fourth-order valence-electron chi connectivity index (χ4n) is 2.29. The van der Waals surface area contributed by atoms with Crippen LogP contribution in [0, 0.1) is 0 Å². The van der Waals surface area contributed by atoms with Crippen molar-refractivity contribution in [2.24, 2.45) is 0 Å². The van der Waals surface area contributed by atoms with Gasteiger partial charge in [0.25, 0.3) is 0 Å². The minimum absolute atomic E-state index is 0.0358. The van der Waals surface area contributed by atoms with Crippen molar-refractivity contribution in [3.63, 3.8) is 0 Å². The molecule has 104 valence electrons. The van der Waals surface area contributed by atoms with Gasteiger partial charge in [0.2, 0.25) is 0 Å². The van der Waals surface area contributed by atoms with E-state index in [1.807, 2.05) is 30.3 Å². The van der Waals surface area contributed by atoms with Gasteiger partial charge in [-0.15, -0.1) is 0 Å². The maximum Gasteiger partial charge on any atom is 0.161 e. The minimum Gasteiger partial charge on any atom is -0.486 e. The summed E-state index contributed by atoms with van der Waals surface area (Å²) in [4.78, 5) is 0. The molecule has 0 saturated carbocycles. The van der Waals surface area contributed by atoms with Crippen LogP contribution in [0.3, 0.4) is 0 Å². The van der Waals surface area contributed by atoms with Crippen molar-refractivity contribution >= 4 is 0 Å². The van der Waals surface area contributed by atoms with E-state index in [0.29, 0.717) is 6.61 Å². The molecule has 0 radical (unpaired) electrons. The Kier molecular flexibility index (Phi) is 3.88. The van der Waals surface area contributed by atoms with Crippen LogP contribution in [0.4, 0.5) is 0 Å². The molecule has 1 aliphatic heterocycles. The molecule has 20 heavy (non-hydrogen) atoms. The summed E-state index contributed by atoms with van der Waals surface area (Å²) >= 11 is 0. The van der Waals surface area contributed by atoms with E-state index in [-0.39, 0.29) is 12.1 Å². The molecule has 0 bridgehead atoms. The third-order valence-electron chi connectivity index (χ3n) is 3.56. The molecule has 0 saturated heterocycles. The molecule has 3 nitrogen and oxygen atoms in total. The number of hydrogen-bond acceptors (Lipinski definition) is 3. The number of rotatable bonds is 4. The average Bonchev–Trinajstić information content (AvgIpc) is 2.53. The van der Waals surface area contributed by atoms with E-state index in [1.165, 1.54) is 5.56 Å². The Hall–Kier alpha value is -2.00. The number of nitrogens with one attached hydrogen (secondary N) is 1. The van der Waals surface area contributed by atoms with Gasteiger partial charge in [-0.1, -0.05) is 42.5 Å². The van der Waals surface area contributed by atoms with Gasteiger partial charge in [-0.3, -0.25) is 0 Å². The molecule has 0 spiro atoms. The highest BCUT2D eigenvalue weighted by atomic mass is 16.6. The summed E-state index contributed by atoms with van der Waals surface area (Å²) in [5, 5.41) is 3.49. The fraction of sp³-hybridized carbons (Fsp3) is 0.294. The Balaban J connectivity index is 1.58. The Morgan fingerprint density at radius 3 is 2.55 bits per heavy atom. The Bertz CT molecular complexity index is 556. The molecule has 2 aromatic carbocycles. The first kappa shape index (κ1) is 13.0. The van der Waals surface area contributed by atoms with E-state index < -0.39 is 0 Å². The van der Waals surface area contributed by atoms with Crippen LogP contribution in [-0.4, -0.2) is 18.8 Å². The Morgan fingerprint density at radius 2 is 1.75 bits per heavy atom. The monoisotopic (exact) mass is 269 g/mol. The molecular weight excluding hydrogens is 250 g/mol. The Morgan fingerprint density at radius 1 is 1.05 bits per heavy atom. The zero-order valence-corrected chi connectivity index (χ0v) is 11.6. The lowest BCUT2D eigenvalue weighted by atomic mass is 10.1. The summed E-state index contributed by atoms with van der Waals surface area (Å²) in [5.74, 6) is 1.66. The second-order valence-electron chi connectivity index (χ2n) is 5.07. The SMILES string of the molecule is C[C@@H](NCc1ccccc1)[C@@H]1COc2ccccc2O1. The van der Waals surface area contributed by atoms with Crippen molar-refractivity contribution in [2.45, 2.75) is 25.6 Å². The van der Waals surface area contributed by atoms with Crippen molar-refractivity contribution in [2.75, 3.05) is 6.61 Å². The molecule has 1 heterocycles. The van der Waals surface area contributed by atoms with Gasteiger partial charge in [-0.05, 0) is 24.6 Å². The van der Waals surface area contributed by atoms with Crippen molar-refractivity contribution < 1.29 is 9.47 Å². The number of hydrogen-bond donors (Lipinski definition) is 1. The van der Waals surface area contributed by atoms with Crippen LogP contribution >= 0.6 is 0 Å². The molecule has 0 unspecified atom stereocenters. The lowest BCUT2D eigenvalue weighted by Gasteiger charge is -2.31. The van der Waals surface area contributed by atoms with Gasteiger partial charge < -0.3 is 14.8 Å². The molecule has 1 aliphatic rings. The van der Waals surface area contributed by atoms with E-state index in [0.717, 1.165) is 18.0 Å². The maximum atomic E-state index is 5.99. The maximum absolute atomic E-state index is 5.99. The van der Waals surface area contributed by atoms with Gasteiger partial charge >= 0.3 is 0 Å². The molecule has 3 rings (SSSR count). The summed E-state index contributed by atoms with van der Waals surface area (Å²) in [6, 6.07) is 18.4. The summed E-state index contributed by atoms with van der Waals surface area (Å²) in [6.45, 7) is 3.55. The highest BCUT2D eigenvalue weighted by molar-refractivity contribution is 5.40. The standard InChI is InChI=1S/C17H19NO2/c1-13(18-11-14-7-3-2-4-8-14)17-12-19-15-9-5-6-10-16(15)20-17/h2-10,13,17-18H,11-12H2,1H3/t13-,17+/m1/s1. The van der Waals surface area contributed by atoms with Crippen LogP contribution in [0.25, 0.3) is 0 Å². The summed E-state index contributed by atoms with van der Waals surface area (Å²) in [6.07, 6.45) is 0.0358. The van der Waals surface area contributed by atoms with Crippen LogP contribution in [0.1, 0.15) is 12.5 Å². The van der Waals surface area contributed by atoms with Gasteiger partial charge in [-0.25, -0.2) is 0 Å². The molecular formula is C17H19NO2. The zero-order valence-electron chi connectivity index (χ0n) is 11.6. The second-order valence-corrected chi connectivity index (χ2v) is 5.07. The summed E-state index contributed by atoms with van der Waals surface area (Å²) in [5.41, 5.74) is 1.27. The number of benzene rings is 2. The van der Waals surface area contributed by atoms with Crippen LogP contribution in [-0.2, 0) is 6.54 Å². The quantitative estimate of drug-likeness (QED) is 0.925. The van der Waals surface area contributed by atoms with Crippen LogP contribution < -0.4 is 14.8 Å². The van der Waals surface area contributed by atoms with Crippen molar-refractivity contribution in [3.05, 3.63) is 60.2 Å². The molecule has 0 aliphatic carbocycles. The molecule has 2 atom stereocenters. The number of ether oxygens (including phenoxy) is 2. The second kappa shape index (κ2) is 5.97. The predicted octanol–water partition coefficient (Wildman–Crippen LogP) is 3.00. The first-order valence-electron chi connectivity index (χ1n) is 6.99. The van der Waals surface area contributed by atoms with Gasteiger partial charge in [0, 0.05) is 12.6 Å². The molecule has 3 heteroatoms. The lowest BCUT2D eigenvalue weighted by molar-refractivity contribution is 0.0662. The largest absolute Gasteiger partial charge is 0.486 e. The molecule has 0 aromatic heterocycles. The molecule has 0 fully saturated rings. The number of para-hydroxylation sites is 2. The summed E-state index contributed by atoms with van der Waals surface area (Å²) < 4.78 is 11.7. The topological polar surface area (TPSA) is 30.5 Å². The van der Waals surface area contributed by atoms with Crippen molar-refractivity contribution in [1.29, 1.82) is 0 Å². The fourth-order valence-corrected chi connectivity index (χ4v) is 2.29. The van der Waals surface area contributed by atoms with Gasteiger partial charge in [-0.2, -0.15) is 0 Å². The highest BCUT2D eigenvalue weighted by Gasteiger charge is 2.25. The minimum atomic E-state index is 0.0358. The van der Waals surface area contributed by atoms with Crippen molar-refractivity contribution in [1.82, 2.24) is 5.32 Å². The molecule has 0 amide bonds. The van der Waals surface area contributed by atoms with E-state index >= 15 is 0 Å². The summed E-state index contributed by atoms with van der Waals surface area (Å²) in [7, 11) is 0. The lowest BCUT2D eigenvalue weighted by Crippen LogP contribution is -2.45. The van der Waals surface area contributed by atoms with Crippen LogP contribution in [0.2, 0.25) is 0 Å². The van der Waals surface area contributed by atoms with Crippen LogP contribution in [0.5, 0.6) is 11.5 Å². The van der Waals surface area contributed by atoms with Gasteiger partial charge in [0.1, 0.15) is 12.7 Å². The zero-order chi connectivity index (χ0) is 13.8. The van der Waals surface area contributed by atoms with E-state index in [9.17, 15) is 0 Å². The normalized spacial score (nSPS) is 18.6. The first-order chi connectivity index (χ1) is 9.83. The highest BCUT2D eigenvalue weighted by Crippen LogP contribution is 2.31. The third-order valence-corrected chi connectivity index (χ3v) is 3.56. The molecule has 2 aromatic rings. The Labute approximate surface area is 119 Å². The van der Waals surface area contributed by atoms with Gasteiger partial charge in [0.05, 0.1) is 0 Å². The molecule has 1 N–H and O–H groups in total. The third kappa shape index (κ3) is 2.94. The first-order valence-corrected chi connectivity index (χ1v) is 6.99. The van der Waals surface area contributed by atoms with E-state index in [2.05, 4.69) is 36.5 Å². The predicted molar refractivity (Wildman–Crippen MR) is 79.1 cm³/mol. The smallest absolute Gasteiger partial charge is 0.161 e. The number of fused-ring (bicyclic) bond motifs is 1. The van der Waals surface area contributed by atoms with E-state index in [4.69, 9.17) is 9.47 Å². The van der Waals surface area contributed by atoms with Crippen molar-refractivity contribution in [3.8, 4) is 11.5 Å².